The Morgan fingerprint density at radius 3 is 2.28 bits per heavy atom. The summed E-state index contributed by atoms with van der Waals surface area (Å²) in [5.41, 5.74) is 2.32. The minimum absolute atomic E-state index is 0.110. The van der Waals surface area contributed by atoms with Crippen molar-refractivity contribution in [2.45, 2.75) is 59.0 Å². The molecule has 2 aromatic rings. The van der Waals surface area contributed by atoms with Crippen LogP contribution in [0, 0.1) is 0 Å². The third-order valence-corrected chi connectivity index (χ3v) is 4.94. The molecule has 156 valence electrons. The number of benzene rings is 2. The minimum atomic E-state index is -0.590. The first-order chi connectivity index (χ1) is 14.0. The first-order valence-electron chi connectivity index (χ1n) is 10.4. The van der Waals surface area contributed by atoms with Gasteiger partial charge in [0, 0.05) is 17.8 Å². The average Bonchev–Trinajstić information content (AvgIpc) is 2.75. The Bertz CT molecular complexity index is 802. The Hall–Kier alpha value is -2.82. The third kappa shape index (κ3) is 6.34. The number of para-hydroxylation sites is 1. The zero-order chi connectivity index (χ0) is 21.2. The van der Waals surface area contributed by atoms with Crippen LogP contribution in [0.2, 0.25) is 0 Å². The second-order valence-electron chi connectivity index (χ2n) is 7.18. The van der Waals surface area contributed by atoms with Crippen molar-refractivity contribution in [1.82, 2.24) is 5.32 Å². The SMILES string of the molecule is CCCNC(=O)c1ccc(NC(=O)C(CC)Oc2ccccc2C(C)CC)cc1. The molecule has 2 aromatic carbocycles. The van der Waals surface area contributed by atoms with Gasteiger partial charge in [-0.25, -0.2) is 0 Å². The highest BCUT2D eigenvalue weighted by Crippen LogP contribution is 2.29. The number of nitrogens with one attached hydrogen (secondary N) is 2. The van der Waals surface area contributed by atoms with Gasteiger partial charge in [0.05, 0.1) is 0 Å². The van der Waals surface area contributed by atoms with Crippen molar-refractivity contribution in [3.63, 3.8) is 0 Å². The number of hydrogen-bond acceptors (Lipinski definition) is 3. The largest absolute Gasteiger partial charge is 0.480 e. The van der Waals surface area contributed by atoms with E-state index in [2.05, 4.69) is 30.5 Å². The molecule has 5 nitrogen and oxygen atoms in total. The highest BCUT2D eigenvalue weighted by atomic mass is 16.5. The molecule has 0 bridgehead atoms. The zero-order valence-corrected chi connectivity index (χ0v) is 17.8. The predicted octanol–water partition coefficient (Wildman–Crippen LogP) is 5.14. The van der Waals surface area contributed by atoms with E-state index in [0.717, 1.165) is 24.2 Å². The van der Waals surface area contributed by atoms with Crippen molar-refractivity contribution in [2.75, 3.05) is 11.9 Å². The van der Waals surface area contributed by atoms with Crippen LogP contribution in [0.15, 0.2) is 48.5 Å². The summed E-state index contributed by atoms with van der Waals surface area (Å²) in [5.74, 6) is 0.806. The molecule has 0 saturated carbocycles. The van der Waals surface area contributed by atoms with E-state index in [1.54, 1.807) is 24.3 Å². The van der Waals surface area contributed by atoms with E-state index in [1.165, 1.54) is 0 Å². The third-order valence-electron chi connectivity index (χ3n) is 4.94. The van der Waals surface area contributed by atoms with Crippen molar-refractivity contribution in [2.24, 2.45) is 0 Å². The topological polar surface area (TPSA) is 67.4 Å². The van der Waals surface area contributed by atoms with Crippen molar-refractivity contribution in [1.29, 1.82) is 0 Å². The summed E-state index contributed by atoms with van der Waals surface area (Å²) < 4.78 is 6.08. The molecule has 0 spiro atoms. The lowest BCUT2D eigenvalue weighted by atomic mass is 9.98. The van der Waals surface area contributed by atoms with Gasteiger partial charge in [-0.3, -0.25) is 9.59 Å². The summed E-state index contributed by atoms with van der Waals surface area (Å²) in [4.78, 5) is 24.7. The summed E-state index contributed by atoms with van der Waals surface area (Å²) in [7, 11) is 0. The molecule has 0 aliphatic carbocycles. The number of ether oxygens (including phenoxy) is 1. The normalized spacial score (nSPS) is 12.7. The number of rotatable bonds is 10. The molecule has 0 aliphatic rings. The summed E-state index contributed by atoms with van der Waals surface area (Å²) in [6.07, 6.45) is 1.85. The van der Waals surface area contributed by atoms with Crippen LogP contribution < -0.4 is 15.4 Å². The molecule has 2 rings (SSSR count). The monoisotopic (exact) mass is 396 g/mol. The summed E-state index contributed by atoms with van der Waals surface area (Å²) in [6, 6.07) is 14.8. The second-order valence-corrected chi connectivity index (χ2v) is 7.18. The average molecular weight is 397 g/mol. The smallest absolute Gasteiger partial charge is 0.265 e. The van der Waals surface area contributed by atoms with E-state index in [0.29, 0.717) is 30.1 Å². The predicted molar refractivity (Wildman–Crippen MR) is 118 cm³/mol. The number of carbonyl (C=O) groups excluding carboxylic acids is 2. The van der Waals surface area contributed by atoms with E-state index in [-0.39, 0.29) is 11.8 Å². The lowest BCUT2D eigenvalue weighted by Crippen LogP contribution is -2.32. The summed E-state index contributed by atoms with van der Waals surface area (Å²) in [6.45, 7) is 8.87. The van der Waals surface area contributed by atoms with Crippen LogP contribution in [-0.2, 0) is 4.79 Å². The van der Waals surface area contributed by atoms with Crippen molar-refractivity contribution < 1.29 is 14.3 Å². The van der Waals surface area contributed by atoms with Crippen molar-refractivity contribution >= 4 is 17.5 Å². The van der Waals surface area contributed by atoms with Gasteiger partial charge in [-0.15, -0.1) is 0 Å². The van der Waals surface area contributed by atoms with Gasteiger partial charge in [-0.05, 0) is 61.1 Å². The van der Waals surface area contributed by atoms with Gasteiger partial charge in [0.15, 0.2) is 6.10 Å². The fraction of sp³-hybridized carbons (Fsp3) is 0.417. The molecule has 0 aliphatic heterocycles. The van der Waals surface area contributed by atoms with Gasteiger partial charge in [0.2, 0.25) is 0 Å². The molecular weight excluding hydrogens is 364 g/mol. The standard InChI is InChI=1S/C24H32N2O3/c1-5-16-25-23(27)18-12-14-19(15-13-18)26-24(28)21(7-3)29-22-11-9-8-10-20(22)17(4)6-2/h8-15,17,21H,5-7,16H2,1-4H3,(H,25,27)(H,26,28). The zero-order valence-electron chi connectivity index (χ0n) is 17.8. The first kappa shape index (κ1) is 22.5. The fourth-order valence-electron chi connectivity index (χ4n) is 2.96. The van der Waals surface area contributed by atoms with Gasteiger partial charge in [0.1, 0.15) is 5.75 Å². The molecule has 0 fully saturated rings. The van der Waals surface area contributed by atoms with E-state index in [4.69, 9.17) is 4.74 Å². The molecule has 2 unspecified atom stereocenters. The Kier molecular flexibility index (Phi) is 8.71. The quantitative estimate of drug-likeness (QED) is 0.584. The Morgan fingerprint density at radius 1 is 0.966 bits per heavy atom. The molecule has 2 amide bonds. The van der Waals surface area contributed by atoms with Crippen LogP contribution in [0.4, 0.5) is 5.69 Å². The fourth-order valence-corrected chi connectivity index (χ4v) is 2.96. The van der Waals surface area contributed by atoms with Crippen molar-refractivity contribution in [3.05, 3.63) is 59.7 Å². The number of anilines is 1. The molecule has 0 aromatic heterocycles. The molecule has 0 radical (unpaired) electrons. The molecule has 29 heavy (non-hydrogen) atoms. The molecule has 5 heteroatoms. The lowest BCUT2D eigenvalue weighted by molar-refractivity contribution is -0.122. The van der Waals surface area contributed by atoms with Crippen LogP contribution in [0.25, 0.3) is 0 Å². The van der Waals surface area contributed by atoms with Gasteiger partial charge in [-0.1, -0.05) is 45.9 Å². The second kappa shape index (κ2) is 11.2. The van der Waals surface area contributed by atoms with Crippen LogP contribution in [0.3, 0.4) is 0 Å². The van der Waals surface area contributed by atoms with E-state index < -0.39 is 6.10 Å². The molecule has 0 saturated heterocycles. The van der Waals surface area contributed by atoms with Crippen LogP contribution in [-0.4, -0.2) is 24.5 Å². The number of amides is 2. The van der Waals surface area contributed by atoms with E-state index in [1.807, 2.05) is 32.0 Å². The Balaban J connectivity index is 2.04. The maximum atomic E-state index is 12.7. The summed E-state index contributed by atoms with van der Waals surface area (Å²) in [5, 5.41) is 5.73. The van der Waals surface area contributed by atoms with Crippen LogP contribution >= 0.6 is 0 Å². The first-order valence-corrected chi connectivity index (χ1v) is 10.4. The van der Waals surface area contributed by atoms with E-state index in [9.17, 15) is 9.59 Å². The summed E-state index contributed by atoms with van der Waals surface area (Å²) >= 11 is 0. The number of carbonyl (C=O) groups is 2. The molecule has 0 heterocycles. The van der Waals surface area contributed by atoms with E-state index >= 15 is 0 Å². The minimum Gasteiger partial charge on any atom is -0.480 e. The van der Waals surface area contributed by atoms with Crippen molar-refractivity contribution in [3.8, 4) is 5.75 Å². The molecular formula is C24H32N2O3. The van der Waals surface area contributed by atoms with Crippen LogP contribution in [0.1, 0.15) is 68.8 Å². The van der Waals surface area contributed by atoms with Gasteiger partial charge < -0.3 is 15.4 Å². The van der Waals surface area contributed by atoms with Gasteiger partial charge in [-0.2, -0.15) is 0 Å². The molecule has 2 N–H and O–H groups in total. The Morgan fingerprint density at radius 2 is 1.66 bits per heavy atom. The van der Waals surface area contributed by atoms with Gasteiger partial charge in [0.25, 0.3) is 11.8 Å². The van der Waals surface area contributed by atoms with Gasteiger partial charge >= 0.3 is 0 Å². The highest BCUT2D eigenvalue weighted by Gasteiger charge is 2.21. The molecule has 2 atom stereocenters. The van der Waals surface area contributed by atoms with Crippen LogP contribution in [0.5, 0.6) is 5.75 Å². The maximum Gasteiger partial charge on any atom is 0.265 e. The Labute approximate surface area is 173 Å². The number of hydrogen-bond donors (Lipinski definition) is 2. The maximum absolute atomic E-state index is 12.7. The lowest BCUT2D eigenvalue weighted by Gasteiger charge is -2.21. The highest BCUT2D eigenvalue weighted by molar-refractivity contribution is 5.97.